The number of hydrogen-bond acceptors (Lipinski definition) is 8. The van der Waals surface area contributed by atoms with Gasteiger partial charge in [-0.15, -0.1) is 0 Å². The van der Waals surface area contributed by atoms with Crippen LogP contribution in [-0.4, -0.2) is 71.2 Å². The normalized spacial score (nSPS) is 19.7. The number of aromatic nitrogens is 3. The van der Waals surface area contributed by atoms with E-state index in [9.17, 15) is 0 Å². The van der Waals surface area contributed by atoms with E-state index in [0.717, 1.165) is 108 Å². The largest absolute Gasteiger partial charge is 0.347 e. The van der Waals surface area contributed by atoms with Crippen molar-refractivity contribution in [3.63, 3.8) is 0 Å². The molecule has 1 aromatic rings. The lowest BCUT2D eigenvalue weighted by Gasteiger charge is -2.57. The van der Waals surface area contributed by atoms with Crippen LogP contribution in [0.3, 0.4) is 0 Å². The molecule has 0 saturated carbocycles. The minimum atomic E-state index is -0.523. The van der Waals surface area contributed by atoms with E-state index in [4.69, 9.17) is 24.4 Å². The lowest BCUT2D eigenvalue weighted by molar-refractivity contribution is -0.198. The van der Waals surface area contributed by atoms with Crippen molar-refractivity contribution >= 4 is 17.8 Å². The smallest absolute Gasteiger partial charge is 0.232 e. The summed E-state index contributed by atoms with van der Waals surface area (Å²) >= 11 is 0. The summed E-state index contributed by atoms with van der Waals surface area (Å²) in [4.78, 5) is 22.9. The highest BCUT2D eigenvalue weighted by Gasteiger charge is 2.56. The Morgan fingerprint density at radius 1 is 0.632 bits per heavy atom. The first-order valence-electron chi connectivity index (χ1n) is 15.5. The predicted octanol–water partition coefficient (Wildman–Crippen LogP) is 6.59. The summed E-state index contributed by atoms with van der Waals surface area (Å²) in [5.74, 6) is 1.91. The fraction of sp³-hybridized carbons (Fsp3) is 0.900. The van der Waals surface area contributed by atoms with Crippen LogP contribution in [0.1, 0.15) is 120 Å². The summed E-state index contributed by atoms with van der Waals surface area (Å²) in [5, 5.41) is 0. The van der Waals surface area contributed by atoms with Crippen LogP contribution in [0.25, 0.3) is 0 Å². The molecule has 38 heavy (non-hydrogen) atoms. The van der Waals surface area contributed by atoms with Crippen LogP contribution >= 0.6 is 0 Å². The van der Waals surface area contributed by atoms with Crippen LogP contribution in [0.5, 0.6) is 0 Å². The third-order valence-electron chi connectivity index (χ3n) is 7.92. The summed E-state index contributed by atoms with van der Waals surface area (Å²) in [6.07, 6.45) is 10.7. The molecule has 8 heteroatoms. The van der Waals surface area contributed by atoms with Crippen LogP contribution in [0.2, 0.25) is 0 Å². The second-order valence-electron chi connectivity index (χ2n) is 12.5. The van der Waals surface area contributed by atoms with E-state index in [1.54, 1.807) is 0 Å². The first-order chi connectivity index (χ1) is 18.1. The fourth-order valence-corrected chi connectivity index (χ4v) is 6.35. The van der Waals surface area contributed by atoms with Crippen molar-refractivity contribution in [1.29, 1.82) is 0 Å². The maximum absolute atomic E-state index is 6.22. The highest BCUT2D eigenvalue weighted by atomic mass is 16.7. The average molecular weight is 533 g/mol. The van der Waals surface area contributed by atoms with Gasteiger partial charge in [-0.2, -0.15) is 15.0 Å². The molecule has 0 amide bonds. The highest BCUT2D eigenvalue weighted by molar-refractivity contribution is 5.50. The third-order valence-corrected chi connectivity index (χ3v) is 7.92. The van der Waals surface area contributed by atoms with E-state index in [-0.39, 0.29) is 11.1 Å². The molecule has 3 heterocycles. The van der Waals surface area contributed by atoms with Crippen LogP contribution < -0.4 is 14.7 Å². The molecule has 0 unspecified atom stereocenters. The van der Waals surface area contributed by atoms with Gasteiger partial charge in [0.05, 0.1) is 13.2 Å². The molecule has 3 rings (SSSR count). The van der Waals surface area contributed by atoms with Crippen LogP contribution in [0.4, 0.5) is 17.8 Å². The Balaban J connectivity index is 2.10. The number of hydrogen-bond donors (Lipinski definition) is 0. The van der Waals surface area contributed by atoms with Gasteiger partial charge >= 0.3 is 0 Å². The zero-order valence-corrected chi connectivity index (χ0v) is 25.8. The van der Waals surface area contributed by atoms with Gasteiger partial charge < -0.3 is 24.2 Å². The van der Waals surface area contributed by atoms with Crippen LogP contribution in [0, 0.1) is 0 Å². The molecule has 8 nitrogen and oxygen atoms in total. The molecule has 218 valence electrons. The van der Waals surface area contributed by atoms with Crippen molar-refractivity contribution in [2.45, 2.75) is 136 Å². The van der Waals surface area contributed by atoms with Gasteiger partial charge in [-0.3, -0.25) is 0 Å². The molecular formula is C30H56N6O2. The maximum atomic E-state index is 6.22. The second-order valence-corrected chi connectivity index (χ2v) is 12.5. The van der Waals surface area contributed by atoms with E-state index in [0.29, 0.717) is 13.2 Å². The molecule has 1 spiro atoms. The van der Waals surface area contributed by atoms with E-state index >= 15 is 0 Å². The van der Waals surface area contributed by atoms with E-state index < -0.39 is 5.79 Å². The lowest BCUT2D eigenvalue weighted by atomic mass is 9.76. The number of unbranched alkanes of at least 4 members (excludes halogenated alkanes) is 4. The first-order valence-corrected chi connectivity index (χ1v) is 15.5. The number of anilines is 3. The number of piperidine rings is 1. The number of rotatable bonds is 15. The molecule has 0 aromatic carbocycles. The second kappa shape index (κ2) is 13.6. The number of nitrogens with zero attached hydrogens (tertiary/aromatic N) is 6. The Kier molecular flexibility index (Phi) is 11.0. The molecule has 2 saturated heterocycles. The zero-order chi connectivity index (χ0) is 27.8. The first kappa shape index (κ1) is 30.9. The number of ether oxygens (including phenoxy) is 2. The summed E-state index contributed by atoms with van der Waals surface area (Å²) in [5.41, 5.74) is -0.505. The molecule has 0 N–H and O–H groups in total. The van der Waals surface area contributed by atoms with Gasteiger partial charge in [-0.05, 0) is 53.4 Å². The minimum absolute atomic E-state index is 0.253. The van der Waals surface area contributed by atoms with Crippen molar-refractivity contribution in [1.82, 2.24) is 15.0 Å². The van der Waals surface area contributed by atoms with E-state index in [2.05, 4.69) is 70.1 Å². The van der Waals surface area contributed by atoms with Crippen molar-refractivity contribution in [2.75, 3.05) is 54.1 Å². The predicted molar refractivity (Wildman–Crippen MR) is 158 cm³/mol. The molecule has 0 bridgehead atoms. The van der Waals surface area contributed by atoms with Crippen LogP contribution in [-0.2, 0) is 9.47 Å². The summed E-state index contributed by atoms with van der Waals surface area (Å²) in [6.45, 7) is 23.3. The molecule has 0 atom stereocenters. The van der Waals surface area contributed by atoms with Gasteiger partial charge in [0.1, 0.15) is 0 Å². The third kappa shape index (κ3) is 7.50. The van der Waals surface area contributed by atoms with Crippen LogP contribution in [0.15, 0.2) is 0 Å². The topological polar surface area (TPSA) is 66.9 Å². The maximum Gasteiger partial charge on any atom is 0.232 e. The lowest BCUT2D eigenvalue weighted by Crippen LogP contribution is -2.66. The Hall–Kier alpha value is -1.67. The van der Waals surface area contributed by atoms with Crippen molar-refractivity contribution < 1.29 is 9.47 Å². The summed E-state index contributed by atoms with van der Waals surface area (Å²) < 4.78 is 12.4. The molecule has 0 aliphatic carbocycles. The van der Waals surface area contributed by atoms with Crippen molar-refractivity contribution in [2.24, 2.45) is 0 Å². The van der Waals surface area contributed by atoms with Gasteiger partial charge in [0, 0.05) is 50.1 Å². The zero-order valence-electron chi connectivity index (χ0n) is 25.8. The molecule has 2 fully saturated rings. The molecule has 2 aliphatic heterocycles. The van der Waals surface area contributed by atoms with Crippen molar-refractivity contribution in [3.05, 3.63) is 0 Å². The van der Waals surface area contributed by atoms with Gasteiger partial charge in [-0.25, -0.2) is 0 Å². The SMILES string of the molecule is CCCCN(CCCC)c1nc(N(CCCC)CCCC)nc(N2C(C)(C)CC3(CC2(C)C)OCCO3)n1. The van der Waals surface area contributed by atoms with E-state index in [1.165, 1.54) is 0 Å². The standard InChI is InChI=1S/C30H56N6O2/c1-9-13-17-34(18-14-10-2)25-31-26(35(19-15-11-3)20-16-12-4)33-27(32-25)36-28(5,6)23-30(24-29(36,7)8)37-21-22-38-30/h9-24H2,1-8H3. The molecule has 1 aromatic heterocycles. The van der Waals surface area contributed by atoms with Gasteiger partial charge in [-0.1, -0.05) is 53.4 Å². The fourth-order valence-electron chi connectivity index (χ4n) is 6.35. The van der Waals surface area contributed by atoms with Gasteiger partial charge in [0.25, 0.3) is 0 Å². The summed E-state index contributed by atoms with van der Waals surface area (Å²) in [6, 6.07) is 0. The Labute approximate surface area is 232 Å². The Morgan fingerprint density at radius 2 is 1.00 bits per heavy atom. The summed E-state index contributed by atoms with van der Waals surface area (Å²) in [7, 11) is 0. The van der Waals surface area contributed by atoms with Crippen molar-refractivity contribution in [3.8, 4) is 0 Å². The van der Waals surface area contributed by atoms with Gasteiger partial charge in [0.15, 0.2) is 5.79 Å². The average Bonchev–Trinajstić information content (AvgIpc) is 3.28. The molecule has 2 aliphatic rings. The van der Waals surface area contributed by atoms with E-state index in [1.807, 2.05) is 0 Å². The highest BCUT2D eigenvalue weighted by Crippen LogP contribution is 2.48. The molecular weight excluding hydrogens is 476 g/mol. The Morgan fingerprint density at radius 3 is 1.34 bits per heavy atom. The monoisotopic (exact) mass is 532 g/mol. The quantitative estimate of drug-likeness (QED) is 0.251. The molecule has 0 radical (unpaired) electrons. The minimum Gasteiger partial charge on any atom is -0.347 e. The van der Waals surface area contributed by atoms with Gasteiger partial charge in [0.2, 0.25) is 17.8 Å². The Bertz CT molecular complexity index is 781.